The van der Waals surface area contributed by atoms with Crippen LogP contribution in [0.15, 0.2) is 36.4 Å². The maximum atomic E-state index is 13.7. The minimum atomic E-state index is -5.11. The number of carbonyl (C=O) groups is 1. The van der Waals surface area contributed by atoms with E-state index in [4.69, 9.17) is 15.2 Å². The van der Waals surface area contributed by atoms with Gasteiger partial charge in [-0.05, 0) is 85.8 Å². The first-order valence-corrected chi connectivity index (χ1v) is 14.4. The van der Waals surface area contributed by atoms with Crippen LogP contribution < -0.4 is 10.6 Å². The number of benzene rings is 2. The maximum absolute atomic E-state index is 13.7. The fourth-order valence-electron chi connectivity index (χ4n) is 6.00. The lowest BCUT2D eigenvalue weighted by Gasteiger charge is -2.45. The van der Waals surface area contributed by atoms with Gasteiger partial charge in [-0.15, -0.1) is 10.2 Å². The van der Waals surface area contributed by atoms with Gasteiger partial charge >= 0.3 is 24.6 Å². The number of nitrogens with zero attached hydrogens (tertiary/aromatic N) is 5. The van der Waals surface area contributed by atoms with Crippen molar-refractivity contribution < 1.29 is 58.9 Å². The Hall–Kier alpha value is -3.97. The van der Waals surface area contributed by atoms with Crippen molar-refractivity contribution in [2.45, 2.75) is 88.1 Å². The van der Waals surface area contributed by atoms with Gasteiger partial charge in [0.05, 0.1) is 34.9 Å². The van der Waals surface area contributed by atoms with E-state index in [0.717, 1.165) is 21.8 Å². The molecular weight excluding hydrogens is 667 g/mol. The second-order valence-electron chi connectivity index (χ2n) is 12.1. The number of anilines is 1. The molecule has 10 nitrogen and oxygen atoms in total. The van der Waals surface area contributed by atoms with Crippen molar-refractivity contribution in [2.75, 3.05) is 11.5 Å². The first-order valence-electron chi connectivity index (χ1n) is 14.4. The molecule has 0 aliphatic carbocycles. The second-order valence-corrected chi connectivity index (χ2v) is 12.1. The Morgan fingerprint density at radius 2 is 1.60 bits per heavy atom. The van der Waals surface area contributed by atoms with Crippen LogP contribution in [0.2, 0.25) is 0 Å². The van der Waals surface area contributed by atoms with Gasteiger partial charge in [0, 0.05) is 0 Å². The summed E-state index contributed by atoms with van der Waals surface area (Å²) in [4.78, 5) is 13.9. The number of tetrazole rings is 1. The standard InChI is InChI=1S/C29H29F9N6O4/c1-4-26(39)12-19(18-11-15(27(30,31)32)5-6-20(18)43(26)24(45)46)23-40-42-44(41-23)21(22-13-47-25(2,3)48-22)9-14-7-16(28(33,34)35)10-17(8-14)29(36,37)38/h5-8,10-11,19,21-22H,4,9,12-13,39H2,1-3H3,(H,45,46)/t19-,21?,22?,26+/m0/s1. The topological polar surface area (TPSA) is 129 Å². The quantitative estimate of drug-likeness (QED) is 0.271. The van der Waals surface area contributed by atoms with Crippen LogP contribution in [-0.2, 0) is 34.4 Å². The molecule has 262 valence electrons. The monoisotopic (exact) mass is 696 g/mol. The summed E-state index contributed by atoms with van der Waals surface area (Å²) in [7, 11) is 0. The molecule has 0 saturated carbocycles. The van der Waals surface area contributed by atoms with E-state index >= 15 is 0 Å². The Morgan fingerprint density at radius 1 is 1.00 bits per heavy atom. The highest BCUT2D eigenvalue weighted by Gasteiger charge is 2.48. The molecule has 0 radical (unpaired) electrons. The van der Waals surface area contributed by atoms with Gasteiger partial charge in [0.2, 0.25) is 0 Å². The molecule has 1 aromatic heterocycles. The van der Waals surface area contributed by atoms with Crippen molar-refractivity contribution in [3.63, 3.8) is 0 Å². The highest BCUT2D eigenvalue weighted by Crippen LogP contribution is 2.47. The maximum Gasteiger partial charge on any atom is 0.416 e. The third-order valence-electron chi connectivity index (χ3n) is 8.38. The van der Waals surface area contributed by atoms with Gasteiger partial charge in [0.15, 0.2) is 11.6 Å². The molecule has 2 unspecified atom stereocenters. The SMILES string of the molecule is CC[C@]1(N)C[C@H](c2nnn(C(Cc3cc(C(F)(F)F)cc(C(F)(F)F)c3)C3COC(C)(C)O3)n2)c2cc(C(F)(F)F)ccc2N1C(=O)O. The van der Waals surface area contributed by atoms with Gasteiger partial charge in [0.1, 0.15) is 17.8 Å². The van der Waals surface area contributed by atoms with Gasteiger partial charge in [0.25, 0.3) is 0 Å². The molecule has 2 aliphatic rings. The van der Waals surface area contributed by atoms with Crippen LogP contribution in [0.5, 0.6) is 0 Å². The summed E-state index contributed by atoms with van der Waals surface area (Å²) < 4.78 is 134. The minimum Gasteiger partial charge on any atom is -0.465 e. The first-order chi connectivity index (χ1) is 22.0. The van der Waals surface area contributed by atoms with Crippen LogP contribution in [0.25, 0.3) is 0 Å². The molecule has 1 saturated heterocycles. The molecule has 4 atom stereocenters. The lowest BCUT2D eigenvalue weighted by molar-refractivity contribution is -0.144. The second kappa shape index (κ2) is 11.9. The van der Waals surface area contributed by atoms with Crippen LogP contribution in [0.3, 0.4) is 0 Å². The van der Waals surface area contributed by atoms with E-state index in [1.165, 1.54) is 13.8 Å². The predicted octanol–water partition coefficient (Wildman–Crippen LogP) is 6.75. The van der Waals surface area contributed by atoms with Crippen LogP contribution in [-0.4, -0.2) is 55.6 Å². The zero-order valence-corrected chi connectivity index (χ0v) is 25.4. The van der Waals surface area contributed by atoms with Gasteiger partial charge in [-0.25, -0.2) is 4.79 Å². The lowest BCUT2D eigenvalue weighted by Crippen LogP contribution is -2.61. The number of ether oxygens (including phenoxy) is 2. The molecule has 2 aromatic carbocycles. The highest BCUT2D eigenvalue weighted by molar-refractivity contribution is 5.90. The molecule has 5 rings (SSSR count). The van der Waals surface area contributed by atoms with E-state index < -0.39 is 82.8 Å². The lowest BCUT2D eigenvalue weighted by atomic mass is 9.80. The van der Waals surface area contributed by atoms with Crippen LogP contribution in [0, 0.1) is 0 Å². The van der Waals surface area contributed by atoms with Crippen molar-refractivity contribution in [3.8, 4) is 0 Å². The van der Waals surface area contributed by atoms with Crippen molar-refractivity contribution in [3.05, 3.63) is 70.0 Å². The van der Waals surface area contributed by atoms with Gasteiger partial charge in [-0.1, -0.05) is 6.92 Å². The summed E-state index contributed by atoms with van der Waals surface area (Å²) in [6, 6.07) is 2.32. The Balaban J connectivity index is 1.61. The first kappa shape index (κ1) is 35.3. The molecular formula is C29H29F9N6O4. The average molecular weight is 697 g/mol. The fraction of sp³-hybridized carbons (Fsp3) is 0.517. The van der Waals surface area contributed by atoms with E-state index in [9.17, 15) is 49.4 Å². The van der Waals surface area contributed by atoms with Crippen LogP contribution >= 0.6 is 0 Å². The average Bonchev–Trinajstić information content (AvgIpc) is 3.60. The Morgan fingerprint density at radius 3 is 2.10 bits per heavy atom. The summed E-state index contributed by atoms with van der Waals surface area (Å²) in [5.41, 5.74) is 0.0101. The van der Waals surface area contributed by atoms with Crippen LogP contribution in [0.1, 0.15) is 79.2 Å². The molecule has 1 fully saturated rings. The normalized spacial score (nSPS) is 23.6. The van der Waals surface area contributed by atoms with E-state index in [1.54, 1.807) is 6.92 Å². The Bertz CT molecular complexity index is 1660. The molecule has 0 bridgehead atoms. The zero-order valence-electron chi connectivity index (χ0n) is 25.4. The third-order valence-corrected chi connectivity index (χ3v) is 8.38. The number of nitrogens with two attached hydrogens (primary N) is 1. The molecule has 3 heterocycles. The Labute approximate surface area is 266 Å². The van der Waals surface area contributed by atoms with E-state index in [2.05, 4.69) is 15.4 Å². The fourth-order valence-corrected chi connectivity index (χ4v) is 6.00. The minimum absolute atomic E-state index is 0.00837. The van der Waals surface area contributed by atoms with E-state index in [0.29, 0.717) is 18.2 Å². The zero-order chi connectivity index (χ0) is 35.6. The van der Waals surface area contributed by atoms with Crippen molar-refractivity contribution >= 4 is 11.8 Å². The summed E-state index contributed by atoms with van der Waals surface area (Å²) in [6.45, 7) is 4.47. The molecule has 3 aromatic rings. The van der Waals surface area contributed by atoms with Crippen molar-refractivity contribution in [1.82, 2.24) is 20.2 Å². The summed E-state index contributed by atoms with van der Waals surface area (Å²) in [6.07, 6.45) is -18.4. The number of rotatable bonds is 6. The number of hydrogen-bond acceptors (Lipinski definition) is 7. The summed E-state index contributed by atoms with van der Waals surface area (Å²) >= 11 is 0. The number of halogens is 9. The number of alkyl halides is 9. The number of carboxylic acid groups (broad SMARTS) is 1. The van der Waals surface area contributed by atoms with Gasteiger partial charge in [-0.2, -0.15) is 44.3 Å². The molecule has 2 aliphatic heterocycles. The molecule has 0 spiro atoms. The Kier molecular flexibility index (Phi) is 8.74. The smallest absolute Gasteiger partial charge is 0.416 e. The molecule has 19 heteroatoms. The number of aromatic nitrogens is 4. The van der Waals surface area contributed by atoms with Crippen molar-refractivity contribution in [2.24, 2.45) is 5.73 Å². The highest BCUT2D eigenvalue weighted by atomic mass is 19.4. The van der Waals surface area contributed by atoms with Gasteiger partial charge < -0.3 is 20.3 Å². The summed E-state index contributed by atoms with van der Waals surface area (Å²) in [5.74, 6) is -2.57. The number of amides is 1. The van der Waals surface area contributed by atoms with E-state index in [-0.39, 0.29) is 42.6 Å². The third kappa shape index (κ3) is 6.93. The molecule has 3 N–H and O–H groups in total. The van der Waals surface area contributed by atoms with Crippen molar-refractivity contribution in [1.29, 1.82) is 0 Å². The van der Waals surface area contributed by atoms with E-state index in [1.807, 2.05) is 0 Å². The number of hydrogen-bond donors (Lipinski definition) is 2. The number of fused-ring (bicyclic) bond motifs is 1. The van der Waals surface area contributed by atoms with Gasteiger partial charge in [-0.3, -0.25) is 4.90 Å². The molecule has 48 heavy (non-hydrogen) atoms. The largest absolute Gasteiger partial charge is 0.465 e. The molecule has 1 amide bonds. The summed E-state index contributed by atoms with van der Waals surface area (Å²) in [5, 5.41) is 22.3. The van der Waals surface area contributed by atoms with Crippen LogP contribution in [0.4, 0.5) is 50.0 Å². The predicted molar refractivity (Wildman–Crippen MR) is 148 cm³/mol.